The summed E-state index contributed by atoms with van der Waals surface area (Å²) < 4.78 is 5.09. The summed E-state index contributed by atoms with van der Waals surface area (Å²) in [5, 5.41) is 2.94. The molecule has 8 heteroatoms. The van der Waals surface area contributed by atoms with Gasteiger partial charge in [-0.1, -0.05) is 42.6 Å². The molecule has 1 saturated carbocycles. The molecule has 4 rings (SSSR count). The molecule has 1 aliphatic heterocycles. The highest BCUT2D eigenvalue weighted by Crippen LogP contribution is 2.40. The van der Waals surface area contributed by atoms with E-state index in [1.54, 1.807) is 36.4 Å². The van der Waals surface area contributed by atoms with Crippen molar-refractivity contribution >= 4 is 46.7 Å². The van der Waals surface area contributed by atoms with Crippen LogP contribution in [0.5, 0.6) is 0 Å². The third-order valence-electron chi connectivity index (χ3n) is 5.66. The third-order valence-corrected chi connectivity index (χ3v) is 5.99. The predicted octanol–water partition coefficient (Wildman–Crippen LogP) is 3.82. The maximum Gasteiger partial charge on any atom is 0.338 e. The average molecular weight is 441 g/mol. The van der Waals surface area contributed by atoms with E-state index in [2.05, 4.69) is 5.32 Å². The molecule has 3 amide bonds. The summed E-state index contributed by atoms with van der Waals surface area (Å²) in [7, 11) is 0. The van der Waals surface area contributed by atoms with Crippen molar-refractivity contribution in [1.82, 2.24) is 0 Å². The number of nitrogens with one attached hydrogen (secondary N) is 1. The highest BCUT2D eigenvalue weighted by molar-refractivity contribution is 6.33. The Kier molecular flexibility index (Phi) is 6.04. The van der Waals surface area contributed by atoms with Crippen molar-refractivity contribution in [3.05, 3.63) is 59.1 Å². The van der Waals surface area contributed by atoms with E-state index in [0.29, 0.717) is 29.2 Å². The Balaban J connectivity index is 1.41. The Morgan fingerprint density at radius 3 is 2.35 bits per heavy atom. The van der Waals surface area contributed by atoms with Crippen LogP contribution in [0.2, 0.25) is 5.02 Å². The van der Waals surface area contributed by atoms with Gasteiger partial charge in [0.25, 0.3) is 5.91 Å². The minimum absolute atomic E-state index is 0.151. The summed E-state index contributed by atoms with van der Waals surface area (Å²) in [6, 6.07) is 12.9. The number of carbonyl (C=O) groups excluding carboxylic acids is 4. The lowest BCUT2D eigenvalue weighted by atomic mass is 9.81. The molecule has 0 unspecified atom stereocenters. The Labute approximate surface area is 184 Å². The van der Waals surface area contributed by atoms with Crippen molar-refractivity contribution in [2.45, 2.75) is 25.7 Å². The number of esters is 1. The molecule has 1 saturated heterocycles. The zero-order chi connectivity index (χ0) is 22.0. The number of ether oxygens (including phenoxy) is 1. The van der Waals surface area contributed by atoms with Gasteiger partial charge in [0.1, 0.15) is 0 Å². The maximum atomic E-state index is 12.8. The number of imide groups is 1. The number of fused-ring (bicyclic) bond motifs is 1. The number of hydrogen-bond donors (Lipinski definition) is 1. The van der Waals surface area contributed by atoms with Crippen LogP contribution in [-0.4, -0.2) is 30.3 Å². The number of para-hydroxylation sites is 1. The van der Waals surface area contributed by atoms with E-state index in [0.717, 1.165) is 12.8 Å². The van der Waals surface area contributed by atoms with Crippen LogP contribution in [0.4, 0.5) is 11.4 Å². The molecule has 1 N–H and O–H groups in total. The first kappa shape index (κ1) is 21.1. The average Bonchev–Trinajstić information content (AvgIpc) is 3.04. The summed E-state index contributed by atoms with van der Waals surface area (Å²) in [5.41, 5.74) is 0.914. The topological polar surface area (TPSA) is 92.8 Å². The van der Waals surface area contributed by atoms with Crippen molar-refractivity contribution in [3.8, 4) is 0 Å². The molecule has 2 aromatic rings. The Hall–Kier alpha value is -3.19. The van der Waals surface area contributed by atoms with E-state index in [-0.39, 0.29) is 29.2 Å². The number of nitrogens with zero attached hydrogens (tertiary/aromatic N) is 1. The van der Waals surface area contributed by atoms with Crippen molar-refractivity contribution in [3.63, 3.8) is 0 Å². The predicted molar refractivity (Wildman–Crippen MR) is 115 cm³/mol. The van der Waals surface area contributed by atoms with Gasteiger partial charge in [-0.2, -0.15) is 0 Å². The molecule has 2 aromatic carbocycles. The largest absolute Gasteiger partial charge is 0.452 e. The fraction of sp³-hybridized carbons (Fsp3) is 0.304. The highest BCUT2D eigenvalue weighted by atomic mass is 35.5. The summed E-state index contributed by atoms with van der Waals surface area (Å²) in [4.78, 5) is 51.2. The number of anilines is 2. The van der Waals surface area contributed by atoms with E-state index in [4.69, 9.17) is 16.3 Å². The van der Waals surface area contributed by atoms with Crippen LogP contribution in [0.3, 0.4) is 0 Å². The third kappa shape index (κ3) is 4.32. The first-order valence-electron chi connectivity index (χ1n) is 10.1. The van der Waals surface area contributed by atoms with Crippen molar-refractivity contribution in [2.24, 2.45) is 11.8 Å². The van der Waals surface area contributed by atoms with Crippen LogP contribution in [0.25, 0.3) is 0 Å². The van der Waals surface area contributed by atoms with Gasteiger partial charge in [-0.3, -0.25) is 19.3 Å². The molecule has 0 bridgehead atoms. The lowest BCUT2D eigenvalue weighted by molar-refractivity contribution is -0.122. The first-order chi connectivity index (χ1) is 15.0. The van der Waals surface area contributed by atoms with Crippen LogP contribution in [0.15, 0.2) is 48.5 Å². The Bertz CT molecular complexity index is 1030. The van der Waals surface area contributed by atoms with Crippen molar-refractivity contribution < 1.29 is 23.9 Å². The van der Waals surface area contributed by atoms with Gasteiger partial charge < -0.3 is 10.1 Å². The van der Waals surface area contributed by atoms with Gasteiger partial charge >= 0.3 is 5.97 Å². The van der Waals surface area contributed by atoms with Gasteiger partial charge in [-0.15, -0.1) is 0 Å². The van der Waals surface area contributed by atoms with E-state index in [9.17, 15) is 19.2 Å². The van der Waals surface area contributed by atoms with Gasteiger partial charge in [-0.25, -0.2) is 4.79 Å². The van der Waals surface area contributed by atoms with E-state index >= 15 is 0 Å². The molecule has 2 fully saturated rings. The Morgan fingerprint density at radius 2 is 1.68 bits per heavy atom. The fourth-order valence-corrected chi connectivity index (χ4v) is 4.34. The fourth-order valence-electron chi connectivity index (χ4n) is 4.15. The van der Waals surface area contributed by atoms with Crippen LogP contribution in [0.1, 0.15) is 36.0 Å². The number of rotatable bonds is 5. The monoisotopic (exact) mass is 440 g/mol. The van der Waals surface area contributed by atoms with Crippen LogP contribution < -0.4 is 10.2 Å². The Morgan fingerprint density at radius 1 is 1.00 bits per heavy atom. The smallest absolute Gasteiger partial charge is 0.338 e. The maximum absolute atomic E-state index is 12.8. The molecule has 2 aliphatic rings. The zero-order valence-corrected chi connectivity index (χ0v) is 17.4. The van der Waals surface area contributed by atoms with Crippen molar-refractivity contribution in [1.29, 1.82) is 0 Å². The zero-order valence-electron chi connectivity index (χ0n) is 16.7. The highest BCUT2D eigenvalue weighted by Gasteiger charge is 2.48. The molecule has 0 radical (unpaired) electrons. The second-order valence-corrected chi connectivity index (χ2v) is 8.07. The van der Waals surface area contributed by atoms with Gasteiger partial charge in [0.2, 0.25) is 11.8 Å². The summed E-state index contributed by atoms with van der Waals surface area (Å²) in [6.45, 7) is -0.500. The van der Waals surface area contributed by atoms with Crippen molar-refractivity contribution in [2.75, 3.05) is 16.8 Å². The lowest BCUT2D eigenvalue weighted by Gasteiger charge is -2.19. The molecule has 160 valence electrons. The summed E-state index contributed by atoms with van der Waals surface area (Å²) in [5.74, 6) is -2.23. The molecular formula is C23H21ClN2O5. The summed E-state index contributed by atoms with van der Waals surface area (Å²) in [6.07, 6.45) is 3.31. The first-order valence-corrected chi connectivity index (χ1v) is 10.5. The molecule has 31 heavy (non-hydrogen) atoms. The van der Waals surface area contributed by atoms with Gasteiger partial charge in [0.05, 0.1) is 33.8 Å². The minimum Gasteiger partial charge on any atom is -0.452 e. The number of benzene rings is 2. The van der Waals surface area contributed by atoms with Crippen LogP contribution >= 0.6 is 11.6 Å². The van der Waals surface area contributed by atoms with E-state index < -0.39 is 18.5 Å². The second-order valence-electron chi connectivity index (χ2n) is 7.66. The van der Waals surface area contributed by atoms with Gasteiger partial charge in [0.15, 0.2) is 6.61 Å². The quantitative estimate of drug-likeness (QED) is 0.563. The number of hydrogen-bond acceptors (Lipinski definition) is 5. The molecule has 1 heterocycles. The molecule has 2 atom stereocenters. The normalized spacial score (nSPS) is 20.4. The van der Waals surface area contributed by atoms with Crippen LogP contribution in [-0.2, 0) is 19.1 Å². The SMILES string of the molecule is O=C(COC(=O)c1cccc(N2C(=O)[C@H]3CCCC[C@@H]3C2=O)c1)Nc1ccccc1Cl. The number of halogens is 1. The van der Waals surface area contributed by atoms with E-state index in [1.165, 1.54) is 17.0 Å². The molecule has 0 spiro atoms. The lowest BCUT2D eigenvalue weighted by Crippen LogP contribution is -2.31. The number of carbonyl (C=O) groups is 4. The van der Waals surface area contributed by atoms with Gasteiger partial charge in [0, 0.05) is 0 Å². The minimum atomic E-state index is -0.729. The molecular weight excluding hydrogens is 420 g/mol. The second kappa shape index (κ2) is 8.89. The molecule has 0 aromatic heterocycles. The van der Waals surface area contributed by atoms with Crippen LogP contribution in [0, 0.1) is 11.8 Å². The summed E-state index contributed by atoms with van der Waals surface area (Å²) >= 11 is 5.99. The van der Waals surface area contributed by atoms with E-state index in [1.807, 2.05) is 0 Å². The van der Waals surface area contributed by atoms with Gasteiger partial charge in [-0.05, 0) is 43.2 Å². The molecule has 1 aliphatic carbocycles. The number of amides is 3. The molecule has 7 nitrogen and oxygen atoms in total. The standard InChI is InChI=1S/C23H21ClN2O5/c24-18-10-3-4-11-19(18)25-20(27)13-31-23(30)14-6-5-7-15(12-14)26-21(28)16-8-1-2-9-17(16)22(26)29/h3-7,10-12,16-17H,1-2,8-9,13H2,(H,25,27)/t16-,17-/m0/s1.